The van der Waals surface area contributed by atoms with Crippen LogP contribution in [0.1, 0.15) is 18.4 Å². The van der Waals surface area contributed by atoms with Gasteiger partial charge in [-0.1, -0.05) is 34.1 Å². The van der Waals surface area contributed by atoms with Crippen LogP contribution >= 0.6 is 15.9 Å². The first-order valence-electron chi connectivity index (χ1n) is 6.78. The molecule has 0 unspecified atom stereocenters. The highest BCUT2D eigenvalue weighted by atomic mass is 79.9. The van der Waals surface area contributed by atoms with Crippen molar-refractivity contribution in [1.29, 1.82) is 0 Å². The van der Waals surface area contributed by atoms with Crippen molar-refractivity contribution in [2.45, 2.75) is 19.3 Å². The molecule has 1 saturated heterocycles. The van der Waals surface area contributed by atoms with Gasteiger partial charge in [0.2, 0.25) is 0 Å². The normalized spacial score (nSPS) is 17.3. The Morgan fingerprint density at radius 1 is 1.33 bits per heavy atom. The third kappa shape index (κ3) is 3.37. The molecule has 0 aromatic heterocycles. The van der Waals surface area contributed by atoms with Crippen molar-refractivity contribution in [2.75, 3.05) is 20.2 Å². The quantitative estimate of drug-likeness (QED) is 0.846. The third-order valence-corrected chi connectivity index (χ3v) is 4.87. The van der Waals surface area contributed by atoms with Crippen LogP contribution in [0.25, 0.3) is 0 Å². The molecule has 21 heavy (non-hydrogen) atoms. The van der Waals surface area contributed by atoms with Crippen LogP contribution in [0.15, 0.2) is 28.7 Å². The van der Waals surface area contributed by atoms with Crippen LogP contribution in [0, 0.1) is 5.41 Å². The second kappa shape index (κ2) is 6.47. The summed E-state index contributed by atoms with van der Waals surface area (Å²) in [4.78, 5) is 24.6. The molecule has 1 aliphatic heterocycles. The number of likely N-dealkylation sites (tertiary alicyclic amines) is 1. The standard InChI is InChI=1S/C15H18BrNO4/c1-21-13(18)15(6-8-17(9-7-15)14(19)20)10-11-4-2-3-5-12(11)16/h2-5H,6-10H2,1H3,(H,19,20). The summed E-state index contributed by atoms with van der Waals surface area (Å²) in [6.07, 6.45) is 0.573. The number of rotatable bonds is 3. The van der Waals surface area contributed by atoms with Crippen molar-refractivity contribution in [3.05, 3.63) is 34.3 Å². The van der Waals surface area contributed by atoms with Gasteiger partial charge in [-0.2, -0.15) is 0 Å². The van der Waals surface area contributed by atoms with Gasteiger partial charge in [0, 0.05) is 17.6 Å². The van der Waals surface area contributed by atoms with Gasteiger partial charge in [0.15, 0.2) is 0 Å². The lowest BCUT2D eigenvalue weighted by molar-refractivity contribution is -0.155. The molecule has 6 heteroatoms. The lowest BCUT2D eigenvalue weighted by Gasteiger charge is -2.38. The Kier molecular flexibility index (Phi) is 4.88. The second-order valence-corrected chi connectivity index (χ2v) is 6.16. The van der Waals surface area contributed by atoms with E-state index in [0.29, 0.717) is 32.4 Å². The Bertz CT molecular complexity index is 538. The van der Waals surface area contributed by atoms with Crippen molar-refractivity contribution in [3.8, 4) is 0 Å². The average molecular weight is 356 g/mol. The first-order valence-corrected chi connectivity index (χ1v) is 7.57. The van der Waals surface area contributed by atoms with E-state index in [1.54, 1.807) is 0 Å². The van der Waals surface area contributed by atoms with Crippen LogP contribution < -0.4 is 0 Å². The Hall–Kier alpha value is -1.56. The summed E-state index contributed by atoms with van der Waals surface area (Å²) in [6.45, 7) is 0.712. The average Bonchev–Trinajstić information content (AvgIpc) is 2.49. The van der Waals surface area contributed by atoms with Crippen molar-refractivity contribution >= 4 is 28.0 Å². The first kappa shape index (κ1) is 15.8. The number of halogens is 1. The SMILES string of the molecule is COC(=O)C1(Cc2ccccc2Br)CCN(C(=O)O)CC1. The number of nitrogens with zero attached hydrogens (tertiary/aromatic N) is 1. The number of hydrogen-bond acceptors (Lipinski definition) is 3. The van der Waals surface area contributed by atoms with E-state index in [4.69, 9.17) is 9.84 Å². The number of methoxy groups -OCH3 is 1. The van der Waals surface area contributed by atoms with Crippen molar-refractivity contribution in [2.24, 2.45) is 5.41 Å². The number of benzene rings is 1. The molecule has 0 spiro atoms. The first-order chi connectivity index (χ1) is 9.98. The van der Waals surface area contributed by atoms with Crippen molar-refractivity contribution < 1.29 is 19.4 Å². The van der Waals surface area contributed by atoms with Crippen LogP contribution in [0.2, 0.25) is 0 Å². The maximum atomic E-state index is 12.3. The van der Waals surface area contributed by atoms with Crippen molar-refractivity contribution in [1.82, 2.24) is 4.90 Å². The van der Waals surface area contributed by atoms with E-state index in [0.717, 1.165) is 10.0 Å². The van der Waals surface area contributed by atoms with Gasteiger partial charge in [-0.25, -0.2) is 4.79 Å². The topological polar surface area (TPSA) is 66.8 Å². The van der Waals surface area contributed by atoms with E-state index >= 15 is 0 Å². The summed E-state index contributed by atoms with van der Waals surface area (Å²) in [5.74, 6) is -0.261. The van der Waals surface area contributed by atoms with Crippen molar-refractivity contribution in [3.63, 3.8) is 0 Å². The molecule has 2 rings (SSSR count). The number of ether oxygens (including phenoxy) is 1. The fraction of sp³-hybridized carbons (Fsp3) is 0.467. The molecule has 1 aliphatic rings. The molecule has 1 aromatic carbocycles. The molecule has 0 aliphatic carbocycles. The number of piperidine rings is 1. The summed E-state index contributed by atoms with van der Waals surface area (Å²) in [5.41, 5.74) is 0.386. The van der Waals surface area contributed by atoms with Crippen LogP contribution in [-0.2, 0) is 16.0 Å². The van der Waals surface area contributed by atoms with E-state index in [1.807, 2.05) is 24.3 Å². The largest absolute Gasteiger partial charge is 0.469 e. The number of hydrogen-bond donors (Lipinski definition) is 1. The summed E-state index contributed by atoms with van der Waals surface area (Å²) in [7, 11) is 1.38. The molecule has 1 heterocycles. The van der Waals surface area contributed by atoms with Gasteiger partial charge in [-0.05, 0) is 30.9 Å². The molecular formula is C15H18BrNO4. The lowest BCUT2D eigenvalue weighted by atomic mass is 9.74. The predicted molar refractivity (Wildman–Crippen MR) is 81.1 cm³/mol. The van der Waals surface area contributed by atoms with Gasteiger partial charge in [0.25, 0.3) is 0 Å². The molecule has 0 radical (unpaired) electrons. The molecular weight excluding hydrogens is 338 g/mol. The van der Waals surface area contributed by atoms with E-state index in [2.05, 4.69) is 15.9 Å². The van der Waals surface area contributed by atoms with Crippen LogP contribution in [0.5, 0.6) is 0 Å². The number of carbonyl (C=O) groups is 2. The Balaban J connectivity index is 2.22. The number of carboxylic acid groups (broad SMARTS) is 1. The number of amides is 1. The van der Waals surface area contributed by atoms with Gasteiger partial charge >= 0.3 is 12.1 Å². The van der Waals surface area contributed by atoms with Gasteiger partial charge in [-0.15, -0.1) is 0 Å². The fourth-order valence-electron chi connectivity index (χ4n) is 2.80. The van der Waals surface area contributed by atoms with Crippen LogP contribution in [0.4, 0.5) is 4.79 Å². The van der Waals surface area contributed by atoms with Gasteiger partial charge < -0.3 is 14.7 Å². The maximum Gasteiger partial charge on any atom is 0.407 e. The predicted octanol–water partition coefficient (Wildman–Crippen LogP) is 2.92. The monoisotopic (exact) mass is 355 g/mol. The molecule has 1 fully saturated rings. The third-order valence-electron chi connectivity index (χ3n) is 4.10. The highest BCUT2D eigenvalue weighted by molar-refractivity contribution is 9.10. The zero-order valence-corrected chi connectivity index (χ0v) is 13.4. The van der Waals surface area contributed by atoms with Crippen LogP contribution in [-0.4, -0.2) is 42.3 Å². The van der Waals surface area contributed by atoms with E-state index in [1.165, 1.54) is 12.0 Å². The molecule has 1 aromatic rings. The van der Waals surface area contributed by atoms with Gasteiger partial charge in [-0.3, -0.25) is 4.79 Å². The van der Waals surface area contributed by atoms with Gasteiger partial charge in [0.05, 0.1) is 12.5 Å². The molecule has 0 atom stereocenters. The highest BCUT2D eigenvalue weighted by Gasteiger charge is 2.43. The van der Waals surface area contributed by atoms with E-state index in [9.17, 15) is 9.59 Å². The van der Waals surface area contributed by atoms with E-state index in [-0.39, 0.29) is 5.97 Å². The smallest absolute Gasteiger partial charge is 0.407 e. The summed E-state index contributed by atoms with van der Waals surface area (Å²) >= 11 is 3.50. The van der Waals surface area contributed by atoms with Gasteiger partial charge in [0.1, 0.15) is 0 Å². The fourth-order valence-corrected chi connectivity index (χ4v) is 3.23. The minimum Gasteiger partial charge on any atom is -0.469 e. The Morgan fingerprint density at radius 3 is 2.48 bits per heavy atom. The van der Waals surface area contributed by atoms with Crippen LogP contribution in [0.3, 0.4) is 0 Å². The van der Waals surface area contributed by atoms with E-state index < -0.39 is 11.5 Å². The molecule has 0 bridgehead atoms. The summed E-state index contributed by atoms with van der Waals surface area (Å²) < 4.78 is 5.93. The number of esters is 1. The summed E-state index contributed by atoms with van der Waals surface area (Å²) in [5, 5.41) is 9.04. The molecule has 1 N–H and O–H groups in total. The molecule has 5 nitrogen and oxygen atoms in total. The zero-order chi connectivity index (χ0) is 15.5. The highest BCUT2D eigenvalue weighted by Crippen LogP contribution is 2.38. The number of carbonyl (C=O) groups excluding carboxylic acids is 1. The Labute approximate surface area is 132 Å². The maximum absolute atomic E-state index is 12.3. The lowest BCUT2D eigenvalue weighted by Crippen LogP contribution is -2.47. The Morgan fingerprint density at radius 2 is 1.95 bits per heavy atom. The molecule has 114 valence electrons. The second-order valence-electron chi connectivity index (χ2n) is 5.31. The molecule has 0 saturated carbocycles. The summed E-state index contributed by atoms with van der Waals surface area (Å²) in [6, 6.07) is 7.76. The zero-order valence-electron chi connectivity index (χ0n) is 11.8. The molecule has 1 amide bonds. The minimum atomic E-state index is -0.936. The minimum absolute atomic E-state index is 0.261.